The van der Waals surface area contributed by atoms with Gasteiger partial charge in [-0.1, -0.05) is 29.9 Å². The lowest BCUT2D eigenvalue weighted by molar-refractivity contribution is -0.124. The lowest BCUT2D eigenvalue weighted by Crippen LogP contribution is -2.44. The molecule has 0 bridgehead atoms. The molecular formula is C35H35FN6O4. The predicted octanol–water partition coefficient (Wildman–Crippen LogP) is 5.36. The number of carbonyl (C=O) groups excluding carboxylic acids is 1. The van der Waals surface area contributed by atoms with Crippen molar-refractivity contribution in [1.82, 2.24) is 15.8 Å². The van der Waals surface area contributed by atoms with Crippen molar-refractivity contribution in [2.45, 2.75) is 38.1 Å². The molecule has 1 aliphatic heterocycles. The summed E-state index contributed by atoms with van der Waals surface area (Å²) in [5, 5.41) is 42.5. The molecule has 0 saturated carbocycles. The Labute approximate surface area is 267 Å². The van der Waals surface area contributed by atoms with E-state index in [4.69, 9.17) is 14.9 Å². The largest absolute Gasteiger partial charge is 0.504 e. The van der Waals surface area contributed by atoms with Crippen LogP contribution >= 0.6 is 0 Å². The van der Waals surface area contributed by atoms with Crippen LogP contribution in [-0.4, -0.2) is 54.0 Å². The lowest BCUT2D eigenvalue weighted by atomic mass is 9.89. The first kappa shape index (κ1) is 32.2. The predicted molar refractivity (Wildman–Crippen MR) is 170 cm³/mol. The van der Waals surface area contributed by atoms with Gasteiger partial charge in [0.2, 0.25) is 0 Å². The van der Waals surface area contributed by atoms with Crippen LogP contribution in [0.5, 0.6) is 11.5 Å². The number of ether oxygens (including phenoxy) is 1. The van der Waals surface area contributed by atoms with Gasteiger partial charge in [0.05, 0.1) is 12.7 Å². The van der Waals surface area contributed by atoms with Gasteiger partial charge in [0.1, 0.15) is 29.3 Å². The zero-order chi connectivity index (χ0) is 32.6. The van der Waals surface area contributed by atoms with Crippen molar-refractivity contribution in [2.75, 3.05) is 31.6 Å². The van der Waals surface area contributed by atoms with Crippen LogP contribution < -0.4 is 20.4 Å². The monoisotopic (exact) mass is 622 g/mol. The molecule has 46 heavy (non-hydrogen) atoms. The molecule has 1 unspecified atom stereocenters. The van der Waals surface area contributed by atoms with Crippen molar-refractivity contribution >= 4 is 11.7 Å². The van der Waals surface area contributed by atoms with Gasteiger partial charge >= 0.3 is 0 Å². The summed E-state index contributed by atoms with van der Waals surface area (Å²) in [6, 6.07) is 13.6. The van der Waals surface area contributed by atoms with E-state index in [2.05, 4.69) is 22.4 Å². The smallest absolute Gasteiger partial charge is 0.267 e. The zero-order valence-corrected chi connectivity index (χ0v) is 25.5. The molecule has 5 rings (SSSR count). The van der Waals surface area contributed by atoms with Crippen LogP contribution in [0.4, 0.5) is 10.2 Å². The summed E-state index contributed by atoms with van der Waals surface area (Å²) < 4.78 is 20.0. The van der Waals surface area contributed by atoms with Gasteiger partial charge in [0.25, 0.3) is 5.91 Å². The molecule has 1 aliphatic carbocycles. The molecule has 236 valence electrons. The van der Waals surface area contributed by atoms with Gasteiger partial charge in [-0.3, -0.25) is 10.0 Å². The number of piperidine rings is 1. The number of benzene rings is 2. The molecular weight excluding hydrogens is 587 g/mol. The van der Waals surface area contributed by atoms with Crippen molar-refractivity contribution in [3.8, 4) is 45.9 Å². The van der Waals surface area contributed by atoms with E-state index in [9.17, 15) is 24.8 Å². The molecule has 2 aliphatic rings. The number of nitrogens with zero attached hydrogens (tertiary/aromatic N) is 4. The third kappa shape index (κ3) is 7.18. The number of nitrogens with one attached hydrogen (secondary N) is 2. The number of hydrogen-bond donors (Lipinski definition) is 4. The van der Waals surface area contributed by atoms with E-state index in [1.807, 2.05) is 6.07 Å². The first-order valence-corrected chi connectivity index (χ1v) is 15.1. The number of phenols is 1. The summed E-state index contributed by atoms with van der Waals surface area (Å²) in [5.41, 5.74) is 4.90. The van der Waals surface area contributed by atoms with Crippen molar-refractivity contribution in [1.29, 1.82) is 10.5 Å². The van der Waals surface area contributed by atoms with Crippen LogP contribution in [-0.2, 0) is 4.79 Å². The summed E-state index contributed by atoms with van der Waals surface area (Å²) in [4.78, 5) is 18.0. The molecule has 0 spiro atoms. The number of aromatic nitrogens is 1. The van der Waals surface area contributed by atoms with Crippen molar-refractivity contribution in [3.63, 3.8) is 0 Å². The quantitative estimate of drug-likeness (QED) is 0.140. The first-order chi connectivity index (χ1) is 22.3. The third-order valence-electron chi connectivity index (χ3n) is 8.64. The second-order valence-electron chi connectivity index (χ2n) is 11.4. The Kier molecular flexibility index (Phi) is 10.3. The van der Waals surface area contributed by atoms with E-state index < -0.39 is 11.7 Å². The van der Waals surface area contributed by atoms with Gasteiger partial charge in [-0.05, 0) is 80.0 Å². The highest BCUT2D eigenvalue weighted by atomic mass is 19.1. The van der Waals surface area contributed by atoms with Gasteiger partial charge in [-0.15, -0.1) is 0 Å². The fourth-order valence-electron chi connectivity index (χ4n) is 6.08. The molecule has 3 aromatic rings. The average Bonchev–Trinajstić information content (AvgIpc) is 3.09. The van der Waals surface area contributed by atoms with Crippen LogP contribution in [0.25, 0.3) is 22.3 Å². The summed E-state index contributed by atoms with van der Waals surface area (Å²) in [7, 11) is 1.45. The van der Waals surface area contributed by atoms with Crippen molar-refractivity contribution < 1.29 is 24.2 Å². The standard InChI is InChI=1S/C35H35FN6O4/c1-46-32-10-9-24(17-31(32)43)29-21-40-35(28(19-38)34(29)25-7-8-26(18-37)30(36)16-25)42-14-12-27(13-15-42)39-20-23-4-2-22(3-5-23)6-11-33(44)41-45/h2,6-11,16-17,21,23,27,39,43,45H,3-5,12-15,20H2,1H3,(H,41,44)/b11-6+. The number of halogens is 1. The molecule has 1 fully saturated rings. The van der Waals surface area contributed by atoms with E-state index in [0.717, 1.165) is 44.2 Å². The maximum Gasteiger partial charge on any atom is 0.267 e. The first-order valence-electron chi connectivity index (χ1n) is 15.1. The second-order valence-corrected chi connectivity index (χ2v) is 11.4. The summed E-state index contributed by atoms with van der Waals surface area (Å²) in [5.74, 6) is -0.0106. The highest BCUT2D eigenvalue weighted by Gasteiger charge is 2.27. The van der Waals surface area contributed by atoms with Gasteiger partial charge in [-0.2, -0.15) is 10.5 Å². The highest BCUT2D eigenvalue weighted by molar-refractivity contribution is 5.90. The Hall–Kier alpha value is -5.23. The number of nitriles is 2. The van der Waals surface area contributed by atoms with E-state index in [0.29, 0.717) is 64.4 Å². The molecule has 2 heterocycles. The van der Waals surface area contributed by atoms with Gasteiger partial charge in [-0.25, -0.2) is 14.9 Å². The molecule has 10 nitrogen and oxygen atoms in total. The highest BCUT2D eigenvalue weighted by Crippen LogP contribution is 2.41. The number of hydrogen-bond acceptors (Lipinski definition) is 9. The molecule has 1 saturated heterocycles. The summed E-state index contributed by atoms with van der Waals surface area (Å²) in [6.45, 7) is 2.24. The van der Waals surface area contributed by atoms with Crippen LogP contribution in [0.1, 0.15) is 43.2 Å². The van der Waals surface area contributed by atoms with Crippen LogP contribution in [0.2, 0.25) is 0 Å². The molecule has 0 radical (unpaired) electrons. The normalized spacial score (nSPS) is 16.8. The Balaban J connectivity index is 1.33. The molecule has 11 heteroatoms. The number of phenolic OH excluding ortho intramolecular Hbond substituents is 1. The molecule has 1 aromatic heterocycles. The summed E-state index contributed by atoms with van der Waals surface area (Å²) >= 11 is 0. The Morgan fingerprint density at radius 2 is 1.93 bits per heavy atom. The van der Waals surface area contributed by atoms with E-state index in [-0.39, 0.29) is 11.3 Å². The number of aromatic hydroxyl groups is 1. The zero-order valence-electron chi connectivity index (χ0n) is 25.5. The maximum atomic E-state index is 14.8. The minimum Gasteiger partial charge on any atom is -0.504 e. The number of rotatable bonds is 9. The topological polar surface area (TPSA) is 155 Å². The molecule has 1 amide bonds. The van der Waals surface area contributed by atoms with E-state index in [1.54, 1.807) is 36.0 Å². The number of anilines is 1. The number of hydroxylamine groups is 1. The Morgan fingerprint density at radius 1 is 1.15 bits per heavy atom. The minimum absolute atomic E-state index is 0.0808. The molecule has 4 N–H and O–H groups in total. The van der Waals surface area contributed by atoms with Gasteiger partial charge < -0.3 is 20.1 Å². The van der Waals surface area contributed by atoms with Crippen molar-refractivity contribution in [3.05, 3.63) is 83.3 Å². The number of methoxy groups -OCH3 is 1. The Morgan fingerprint density at radius 3 is 2.57 bits per heavy atom. The molecule has 2 aromatic carbocycles. The summed E-state index contributed by atoms with van der Waals surface area (Å²) in [6.07, 6.45) is 11.4. The SMILES string of the molecule is COc1ccc(-c2cnc(N3CCC(NCC4CC=C(/C=C/C(=O)NO)CC4)CC3)c(C#N)c2-c2ccc(C#N)c(F)c2)cc1O. The second kappa shape index (κ2) is 14.7. The Bertz CT molecular complexity index is 1750. The van der Waals surface area contributed by atoms with Crippen LogP contribution in [0, 0.1) is 34.4 Å². The van der Waals surface area contributed by atoms with Crippen molar-refractivity contribution in [2.24, 2.45) is 5.92 Å². The van der Waals surface area contributed by atoms with E-state index in [1.165, 1.54) is 31.4 Å². The van der Waals surface area contributed by atoms with Crippen LogP contribution in [0.3, 0.4) is 0 Å². The fraction of sp³-hybridized carbons (Fsp3) is 0.314. The average molecular weight is 623 g/mol. The minimum atomic E-state index is -0.687. The number of allylic oxidation sites excluding steroid dienone is 3. The van der Waals surface area contributed by atoms with Gasteiger partial charge in [0.15, 0.2) is 11.5 Å². The van der Waals surface area contributed by atoms with Crippen LogP contribution in [0.15, 0.2) is 66.4 Å². The van der Waals surface area contributed by atoms with E-state index >= 15 is 0 Å². The number of carbonyl (C=O) groups is 1. The molecule has 1 atom stereocenters. The van der Waals surface area contributed by atoms with Gasteiger partial charge in [0, 0.05) is 42.5 Å². The number of pyridine rings is 1. The fourth-order valence-corrected chi connectivity index (χ4v) is 6.08. The third-order valence-corrected chi connectivity index (χ3v) is 8.64. The maximum absolute atomic E-state index is 14.8. The lowest BCUT2D eigenvalue weighted by Gasteiger charge is -2.35. The number of amides is 1.